The molecule has 1 amide bonds. The number of ketones is 1. The molecule has 2 heterocycles. The van der Waals surface area contributed by atoms with Gasteiger partial charge in [-0.15, -0.1) is 0 Å². The summed E-state index contributed by atoms with van der Waals surface area (Å²) in [6, 6.07) is 10.1. The van der Waals surface area contributed by atoms with Gasteiger partial charge in [0.05, 0.1) is 6.04 Å². The van der Waals surface area contributed by atoms with Crippen molar-refractivity contribution in [2.75, 3.05) is 6.54 Å². The lowest BCUT2D eigenvalue weighted by Crippen LogP contribution is -2.40. The lowest BCUT2D eigenvalue weighted by atomic mass is 10.0. The third-order valence-corrected chi connectivity index (χ3v) is 3.85. The normalized spacial score (nSPS) is 17.2. The van der Waals surface area contributed by atoms with Crippen LogP contribution >= 0.6 is 0 Å². The highest BCUT2D eigenvalue weighted by molar-refractivity contribution is 6.00. The Morgan fingerprint density at radius 1 is 1.38 bits per heavy atom. The lowest BCUT2D eigenvalue weighted by Gasteiger charge is -2.25. The molecule has 1 unspecified atom stereocenters. The fourth-order valence-corrected chi connectivity index (χ4v) is 2.82. The summed E-state index contributed by atoms with van der Waals surface area (Å²) in [5.74, 6) is -0.266. The predicted octanol–water partition coefficient (Wildman–Crippen LogP) is 1.92. The van der Waals surface area contributed by atoms with Crippen LogP contribution in [0.1, 0.15) is 45.1 Å². The summed E-state index contributed by atoms with van der Waals surface area (Å²) in [7, 11) is 0. The molecule has 0 saturated heterocycles. The average Bonchev–Trinajstić information content (AvgIpc) is 2.82. The fourth-order valence-electron chi connectivity index (χ4n) is 2.82. The number of amides is 1. The summed E-state index contributed by atoms with van der Waals surface area (Å²) < 4.78 is 1.72. The maximum atomic E-state index is 12.1. The molecule has 0 bridgehead atoms. The molecule has 1 atom stereocenters. The second-order valence-electron chi connectivity index (χ2n) is 5.38. The van der Waals surface area contributed by atoms with Crippen LogP contribution in [-0.2, 0) is 6.42 Å². The number of hydrogen-bond donors (Lipinski definition) is 1. The highest BCUT2D eigenvalue weighted by Gasteiger charge is 2.31. The number of carbonyl (C=O) groups excluding carboxylic acids is 2. The molecule has 0 fully saturated rings. The van der Waals surface area contributed by atoms with E-state index in [0.29, 0.717) is 23.5 Å². The minimum atomic E-state index is -0.156. The van der Waals surface area contributed by atoms with Crippen LogP contribution in [0, 0.1) is 6.92 Å². The third kappa shape index (κ3) is 2.35. The summed E-state index contributed by atoms with van der Waals surface area (Å²) >= 11 is 0. The van der Waals surface area contributed by atoms with Crippen molar-refractivity contribution in [2.45, 2.75) is 26.3 Å². The molecule has 1 N–H and O–H groups in total. The Hall–Kier alpha value is -2.43. The Labute approximate surface area is 123 Å². The van der Waals surface area contributed by atoms with Gasteiger partial charge in [-0.3, -0.25) is 14.3 Å². The molecule has 0 aliphatic carbocycles. The Balaban J connectivity index is 2.00. The molecular weight excluding hydrogens is 266 g/mol. The largest absolute Gasteiger partial charge is 0.349 e. The number of aromatic nitrogens is 2. The first-order chi connectivity index (χ1) is 10.1. The molecule has 1 aliphatic heterocycles. The van der Waals surface area contributed by atoms with Gasteiger partial charge in [0.25, 0.3) is 5.91 Å². The van der Waals surface area contributed by atoms with Gasteiger partial charge in [0.1, 0.15) is 11.4 Å². The SMILES string of the molecule is CC(=O)c1nn2c(c1C)C(=O)NCC2Cc1ccccc1. The summed E-state index contributed by atoms with van der Waals surface area (Å²) in [6.07, 6.45) is 0.770. The van der Waals surface area contributed by atoms with Crippen molar-refractivity contribution in [1.82, 2.24) is 15.1 Å². The van der Waals surface area contributed by atoms with E-state index in [1.54, 1.807) is 11.6 Å². The molecule has 5 nitrogen and oxygen atoms in total. The van der Waals surface area contributed by atoms with E-state index in [2.05, 4.69) is 22.5 Å². The van der Waals surface area contributed by atoms with E-state index in [1.807, 2.05) is 18.2 Å². The van der Waals surface area contributed by atoms with E-state index in [9.17, 15) is 9.59 Å². The van der Waals surface area contributed by atoms with E-state index in [4.69, 9.17) is 0 Å². The minimum Gasteiger partial charge on any atom is -0.349 e. The van der Waals surface area contributed by atoms with Gasteiger partial charge in [0, 0.05) is 19.0 Å². The van der Waals surface area contributed by atoms with Crippen molar-refractivity contribution < 1.29 is 9.59 Å². The van der Waals surface area contributed by atoms with E-state index in [1.165, 1.54) is 12.5 Å². The van der Waals surface area contributed by atoms with Crippen LogP contribution in [-0.4, -0.2) is 28.0 Å². The summed E-state index contributed by atoms with van der Waals surface area (Å²) in [5.41, 5.74) is 2.74. The van der Waals surface area contributed by atoms with Crippen molar-refractivity contribution in [3.63, 3.8) is 0 Å². The second kappa shape index (κ2) is 5.16. The Bertz CT molecular complexity index is 704. The van der Waals surface area contributed by atoms with Crippen LogP contribution in [0.5, 0.6) is 0 Å². The van der Waals surface area contributed by atoms with E-state index in [0.717, 1.165) is 6.42 Å². The number of Topliss-reactive ketones (excluding diaryl/α,β-unsaturated/α-hetero) is 1. The molecule has 0 saturated carbocycles. The summed E-state index contributed by atoms with van der Waals surface area (Å²) in [5, 5.41) is 7.27. The van der Waals surface area contributed by atoms with Crippen molar-refractivity contribution in [3.8, 4) is 0 Å². The molecule has 5 heteroatoms. The number of hydrogen-bond acceptors (Lipinski definition) is 3. The first kappa shape index (κ1) is 13.5. The molecule has 3 rings (SSSR count). The van der Waals surface area contributed by atoms with Gasteiger partial charge in [-0.25, -0.2) is 0 Å². The van der Waals surface area contributed by atoms with Gasteiger partial charge in [0.15, 0.2) is 5.78 Å². The second-order valence-corrected chi connectivity index (χ2v) is 5.38. The van der Waals surface area contributed by atoms with Crippen molar-refractivity contribution in [3.05, 3.63) is 52.8 Å². The molecule has 1 aromatic carbocycles. The van der Waals surface area contributed by atoms with Crippen molar-refractivity contribution >= 4 is 11.7 Å². The number of fused-ring (bicyclic) bond motifs is 1. The highest BCUT2D eigenvalue weighted by atomic mass is 16.2. The highest BCUT2D eigenvalue weighted by Crippen LogP contribution is 2.24. The monoisotopic (exact) mass is 283 g/mol. The van der Waals surface area contributed by atoms with E-state index in [-0.39, 0.29) is 17.7 Å². The zero-order chi connectivity index (χ0) is 15.0. The molecule has 21 heavy (non-hydrogen) atoms. The lowest BCUT2D eigenvalue weighted by molar-refractivity contribution is 0.0907. The first-order valence-corrected chi connectivity index (χ1v) is 7.00. The van der Waals surface area contributed by atoms with Gasteiger partial charge in [-0.05, 0) is 18.9 Å². The number of carbonyl (C=O) groups is 2. The summed E-state index contributed by atoms with van der Waals surface area (Å²) in [6.45, 7) is 3.78. The Morgan fingerprint density at radius 2 is 2.10 bits per heavy atom. The first-order valence-electron chi connectivity index (χ1n) is 7.00. The molecule has 2 aromatic rings. The van der Waals surface area contributed by atoms with E-state index >= 15 is 0 Å². The fraction of sp³-hybridized carbons (Fsp3) is 0.312. The number of rotatable bonds is 3. The number of nitrogens with zero attached hydrogens (tertiary/aromatic N) is 2. The van der Waals surface area contributed by atoms with Gasteiger partial charge >= 0.3 is 0 Å². The van der Waals surface area contributed by atoms with Gasteiger partial charge in [-0.2, -0.15) is 5.10 Å². The van der Waals surface area contributed by atoms with Crippen LogP contribution in [0.15, 0.2) is 30.3 Å². The van der Waals surface area contributed by atoms with E-state index < -0.39 is 0 Å². The van der Waals surface area contributed by atoms with Gasteiger partial charge in [0.2, 0.25) is 0 Å². The minimum absolute atomic E-state index is 0.0342. The van der Waals surface area contributed by atoms with Gasteiger partial charge in [-0.1, -0.05) is 30.3 Å². The average molecular weight is 283 g/mol. The number of benzene rings is 1. The summed E-state index contributed by atoms with van der Waals surface area (Å²) in [4.78, 5) is 23.7. The molecule has 108 valence electrons. The van der Waals surface area contributed by atoms with Crippen LogP contribution in [0.25, 0.3) is 0 Å². The molecule has 1 aromatic heterocycles. The van der Waals surface area contributed by atoms with Crippen LogP contribution in [0.2, 0.25) is 0 Å². The van der Waals surface area contributed by atoms with Crippen LogP contribution in [0.4, 0.5) is 0 Å². The van der Waals surface area contributed by atoms with Crippen molar-refractivity contribution in [2.24, 2.45) is 0 Å². The van der Waals surface area contributed by atoms with Gasteiger partial charge < -0.3 is 5.32 Å². The Kier molecular flexibility index (Phi) is 3.33. The zero-order valence-corrected chi connectivity index (χ0v) is 12.1. The predicted molar refractivity (Wildman–Crippen MR) is 78.5 cm³/mol. The number of nitrogens with one attached hydrogen (secondary N) is 1. The maximum Gasteiger partial charge on any atom is 0.269 e. The maximum absolute atomic E-state index is 12.1. The molecule has 0 spiro atoms. The molecule has 1 aliphatic rings. The molecule has 0 radical (unpaired) electrons. The molecular formula is C16H17N3O2. The zero-order valence-electron chi connectivity index (χ0n) is 12.1. The topological polar surface area (TPSA) is 64.0 Å². The van der Waals surface area contributed by atoms with Crippen LogP contribution < -0.4 is 5.32 Å². The standard InChI is InChI=1S/C16H17N3O2/c1-10-14(11(2)20)18-19-13(9-17-16(21)15(10)19)8-12-6-4-3-5-7-12/h3-7,13H,8-9H2,1-2H3,(H,17,21). The smallest absolute Gasteiger partial charge is 0.269 e. The quantitative estimate of drug-likeness (QED) is 0.875. The van der Waals surface area contributed by atoms with Crippen molar-refractivity contribution in [1.29, 1.82) is 0 Å². The Morgan fingerprint density at radius 3 is 2.76 bits per heavy atom. The third-order valence-electron chi connectivity index (χ3n) is 3.85. The van der Waals surface area contributed by atoms with Crippen LogP contribution in [0.3, 0.4) is 0 Å².